The number of rotatable bonds is 9. The summed E-state index contributed by atoms with van der Waals surface area (Å²) in [5.74, 6) is 0.656. The van der Waals surface area contributed by atoms with Crippen molar-refractivity contribution in [3.63, 3.8) is 0 Å². The zero-order valence-electron chi connectivity index (χ0n) is 17.7. The molecule has 0 aliphatic carbocycles. The van der Waals surface area contributed by atoms with Crippen LogP contribution in [0.25, 0.3) is 0 Å². The van der Waals surface area contributed by atoms with Crippen LogP contribution in [0.4, 0.5) is 17.1 Å². The third-order valence-corrected chi connectivity index (χ3v) is 4.34. The maximum absolute atomic E-state index is 12.4. The number of ether oxygens (including phenoxy) is 1. The normalized spacial score (nSPS) is 10.4. The van der Waals surface area contributed by atoms with Crippen molar-refractivity contribution in [1.29, 1.82) is 0 Å². The summed E-state index contributed by atoms with van der Waals surface area (Å²) in [4.78, 5) is 24.7. The van der Waals surface area contributed by atoms with Gasteiger partial charge in [0.1, 0.15) is 5.75 Å². The average Bonchev–Trinajstić information content (AvgIpc) is 2.78. The largest absolute Gasteiger partial charge is 0.491 e. The van der Waals surface area contributed by atoms with Gasteiger partial charge < -0.3 is 20.7 Å². The van der Waals surface area contributed by atoms with Gasteiger partial charge in [0.25, 0.3) is 5.91 Å². The number of nitrogens with one attached hydrogen (secondary N) is 3. The molecule has 0 bridgehead atoms. The Morgan fingerprint density at radius 3 is 2.32 bits per heavy atom. The number of amides is 2. The second kappa shape index (κ2) is 10.8. The molecule has 3 rings (SSSR count). The van der Waals surface area contributed by atoms with Crippen LogP contribution in [0.1, 0.15) is 24.2 Å². The molecule has 0 saturated carbocycles. The lowest BCUT2D eigenvalue weighted by Gasteiger charge is -2.14. The molecule has 31 heavy (non-hydrogen) atoms. The first-order chi connectivity index (χ1) is 15.0. The fraction of sp³-hybridized carbons (Fsp3) is 0.200. The lowest BCUT2D eigenvalue weighted by atomic mass is 10.2. The predicted octanol–water partition coefficient (Wildman–Crippen LogP) is 5.02. The molecule has 0 saturated heterocycles. The number of hydrogen-bond donors (Lipinski definition) is 3. The summed E-state index contributed by atoms with van der Waals surface area (Å²) in [6.07, 6.45) is 0. The molecule has 0 spiro atoms. The number of carbonyl (C=O) groups excluding carboxylic acids is 2. The van der Waals surface area contributed by atoms with Crippen molar-refractivity contribution >= 4 is 28.9 Å². The van der Waals surface area contributed by atoms with Crippen LogP contribution < -0.4 is 20.7 Å². The van der Waals surface area contributed by atoms with Crippen molar-refractivity contribution in [1.82, 2.24) is 0 Å². The Labute approximate surface area is 182 Å². The Bertz CT molecular complexity index is 1020. The molecule has 0 radical (unpaired) electrons. The van der Waals surface area contributed by atoms with Gasteiger partial charge in [0, 0.05) is 16.9 Å². The van der Waals surface area contributed by atoms with Crippen LogP contribution in [-0.2, 0) is 4.79 Å². The molecule has 2 amide bonds. The van der Waals surface area contributed by atoms with Crippen molar-refractivity contribution in [2.45, 2.75) is 13.8 Å². The van der Waals surface area contributed by atoms with Crippen LogP contribution in [0.2, 0.25) is 0 Å². The van der Waals surface area contributed by atoms with Gasteiger partial charge in [-0.05, 0) is 48.4 Å². The number of benzene rings is 3. The number of carbonyl (C=O) groups is 2. The lowest BCUT2D eigenvalue weighted by molar-refractivity contribution is -0.114. The highest BCUT2D eigenvalue weighted by atomic mass is 16.5. The summed E-state index contributed by atoms with van der Waals surface area (Å²) in [6.45, 7) is 4.80. The second-order valence-electron chi connectivity index (χ2n) is 7.50. The fourth-order valence-corrected chi connectivity index (χ4v) is 2.83. The van der Waals surface area contributed by atoms with E-state index in [1.54, 1.807) is 24.3 Å². The van der Waals surface area contributed by atoms with Gasteiger partial charge in [-0.15, -0.1) is 0 Å². The molecule has 0 unspecified atom stereocenters. The number of para-hydroxylation sites is 2. The Hall–Kier alpha value is -3.80. The molecule has 0 heterocycles. The van der Waals surface area contributed by atoms with Gasteiger partial charge >= 0.3 is 0 Å². The summed E-state index contributed by atoms with van der Waals surface area (Å²) in [7, 11) is 0. The monoisotopic (exact) mass is 417 g/mol. The molecule has 3 aromatic carbocycles. The first-order valence-electron chi connectivity index (χ1n) is 10.2. The maximum Gasteiger partial charge on any atom is 0.255 e. The summed E-state index contributed by atoms with van der Waals surface area (Å²) in [5, 5.41) is 8.82. The van der Waals surface area contributed by atoms with E-state index in [0.717, 1.165) is 5.69 Å². The fourth-order valence-electron chi connectivity index (χ4n) is 2.83. The van der Waals surface area contributed by atoms with Crippen LogP contribution in [-0.4, -0.2) is 25.0 Å². The van der Waals surface area contributed by atoms with E-state index in [4.69, 9.17) is 4.74 Å². The highest BCUT2D eigenvalue weighted by Gasteiger charge is 2.09. The van der Waals surface area contributed by atoms with E-state index in [1.165, 1.54) is 0 Å². The predicted molar refractivity (Wildman–Crippen MR) is 125 cm³/mol. The lowest BCUT2D eigenvalue weighted by Crippen LogP contribution is -2.22. The van der Waals surface area contributed by atoms with Gasteiger partial charge in [-0.3, -0.25) is 9.59 Å². The third kappa shape index (κ3) is 6.89. The summed E-state index contributed by atoms with van der Waals surface area (Å²) < 4.78 is 5.78. The molecule has 0 aromatic heterocycles. The van der Waals surface area contributed by atoms with E-state index in [2.05, 4.69) is 29.8 Å². The standard InChI is InChI=1S/C25H27N3O3/c1-18(2)17-31-23-14-7-6-13-22(23)28-24(29)16-26-20-11-8-12-21(15-20)27-25(30)19-9-4-3-5-10-19/h3-15,18,26H,16-17H2,1-2H3,(H,27,30)(H,28,29). The summed E-state index contributed by atoms with van der Waals surface area (Å²) >= 11 is 0. The van der Waals surface area contributed by atoms with Gasteiger partial charge in [-0.1, -0.05) is 50.2 Å². The highest BCUT2D eigenvalue weighted by Crippen LogP contribution is 2.24. The number of hydrogen-bond acceptors (Lipinski definition) is 4. The molecular formula is C25H27N3O3. The van der Waals surface area contributed by atoms with Gasteiger partial charge in [0.2, 0.25) is 5.91 Å². The summed E-state index contributed by atoms with van der Waals surface area (Å²) in [6, 6.07) is 23.6. The summed E-state index contributed by atoms with van der Waals surface area (Å²) in [5.41, 5.74) is 2.59. The van der Waals surface area contributed by atoms with Crippen molar-refractivity contribution in [3.8, 4) is 5.75 Å². The molecule has 0 fully saturated rings. The Balaban J connectivity index is 1.55. The van der Waals surface area contributed by atoms with E-state index < -0.39 is 0 Å². The Morgan fingerprint density at radius 2 is 1.55 bits per heavy atom. The first-order valence-corrected chi connectivity index (χ1v) is 10.2. The molecule has 3 N–H and O–H groups in total. The molecular weight excluding hydrogens is 390 g/mol. The topological polar surface area (TPSA) is 79.5 Å². The minimum atomic E-state index is -0.195. The van der Waals surface area contributed by atoms with Gasteiger partial charge in [0.05, 0.1) is 18.8 Å². The van der Waals surface area contributed by atoms with Crippen molar-refractivity contribution in [3.05, 3.63) is 84.4 Å². The average molecular weight is 418 g/mol. The molecule has 0 aliphatic rings. The Kier molecular flexibility index (Phi) is 7.65. The minimum absolute atomic E-state index is 0.0780. The molecule has 160 valence electrons. The molecule has 0 aliphatic heterocycles. The van der Waals surface area contributed by atoms with Crippen LogP contribution in [0.3, 0.4) is 0 Å². The van der Waals surface area contributed by atoms with Gasteiger partial charge in [-0.25, -0.2) is 0 Å². The quantitative estimate of drug-likeness (QED) is 0.456. The van der Waals surface area contributed by atoms with Crippen LogP contribution >= 0.6 is 0 Å². The third-order valence-electron chi connectivity index (χ3n) is 4.34. The van der Waals surface area contributed by atoms with Crippen LogP contribution in [0, 0.1) is 5.92 Å². The minimum Gasteiger partial charge on any atom is -0.491 e. The van der Waals surface area contributed by atoms with Crippen molar-refractivity contribution in [2.75, 3.05) is 29.1 Å². The van der Waals surface area contributed by atoms with E-state index >= 15 is 0 Å². The Morgan fingerprint density at radius 1 is 0.839 bits per heavy atom. The molecule has 6 heteroatoms. The van der Waals surface area contributed by atoms with E-state index in [9.17, 15) is 9.59 Å². The first kappa shape index (κ1) is 21.9. The van der Waals surface area contributed by atoms with E-state index in [-0.39, 0.29) is 18.4 Å². The van der Waals surface area contributed by atoms with E-state index in [1.807, 2.05) is 54.6 Å². The highest BCUT2D eigenvalue weighted by molar-refractivity contribution is 6.04. The molecule has 3 aromatic rings. The molecule has 0 atom stereocenters. The van der Waals surface area contributed by atoms with Crippen LogP contribution in [0.5, 0.6) is 5.75 Å². The smallest absolute Gasteiger partial charge is 0.255 e. The van der Waals surface area contributed by atoms with E-state index in [0.29, 0.717) is 35.2 Å². The second-order valence-corrected chi connectivity index (χ2v) is 7.50. The van der Waals surface area contributed by atoms with Gasteiger partial charge in [-0.2, -0.15) is 0 Å². The SMILES string of the molecule is CC(C)COc1ccccc1NC(=O)CNc1cccc(NC(=O)c2ccccc2)c1. The number of anilines is 3. The zero-order valence-corrected chi connectivity index (χ0v) is 17.7. The maximum atomic E-state index is 12.4. The molecule has 6 nitrogen and oxygen atoms in total. The van der Waals surface area contributed by atoms with Crippen molar-refractivity contribution < 1.29 is 14.3 Å². The van der Waals surface area contributed by atoms with Gasteiger partial charge in [0.15, 0.2) is 0 Å². The van der Waals surface area contributed by atoms with Crippen LogP contribution in [0.15, 0.2) is 78.9 Å². The zero-order chi connectivity index (χ0) is 22.1. The van der Waals surface area contributed by atoms with Crippen molar-refractivity contribution in [2.24, 2.45) is 5.92 Å².